The van der Waals surface area contributed by atoms with Gasteiger partial charge in [-0.2, -0.15) is 0 Å². The van der Waals surface area contributed by atoms with Gasteiger partial charge in [0.2, 0.25) is 11.8 Å². The van der Waals surface area contributed by atoms with Gasteiger partial charge in [0, 0.05) is 105 Å². The molecule has 80 heavy (non-hydrogen) atoms. The molecule has 3 saturated heterocycles. The number of phenols is 2. The quantitative estimate of drug-likeness (QED) is 0.102. The number of hydrogen-bond donors (Lipinski definition) is 6. The number of carbonyl (C=O) groups is 5. The van der Waals surface area contributed by atoms with E-state index in [1.54, 1.807) is 51.7 Å². The maximum atomic E-state index is 15.0. The van der Waals surface area contributed by atoms with Crippen LogP contribution in [0, 0.1) is 36.5 Å². The molecule has 0 radical (unpaired) electrons. The highest BCUT2D eigenvalue weighted by molar-refractivity contribution is 6.21. The number of anilines is 2. The molecule has 7 heterocycles. The van der Waals surface area contributed by atoms with E-state index in [1.807, 2.05) is 35.2 Å². The van der Waals surface area contributed by atoms with Gasteiger partial charge in [0.05, 0.1) is 47.9 Å². The van der Waals surface area contributed by atoms with Crippen molar-refractivity contribution in [1.82, 2.24) is 15.1 Å². The van der Waals surface area contributed by atoms with Crippen LogP contribution in [0.3, 0.4) is 0 Å². The van der Waals surface area contributed by atoms with Crippen LogP contribution < -0.4 is 31.0 Å². The molecule has 3 aromatic rings. The summed E-state index contributed by atoms with van der Waals surface area (Å²) in [5.41, 5.74) is -0.276. The van der Waals surface area contributed by atoms with E-state index in [-0.39, 0.29) is 62.9 Å². The molecule has 0 aromatic heterocycles. The fourth-order valence-corrected chi connectivity index (χ4v) is 12.6. The van der Waals surface area contributed by atoms with Crippen LogP contribution in [-0.2, 0) is 33.4 Å². The minimum absolute atomic E-state index is 0.0111. The molecule has 430 valence electrons. The lowest BCUT2D eigenvalue weighted by Gasteiger charge is -2.43. The molecular weight excluding hydrogens is 1030 g/mol. The van der Waals surface area contributed by atoms with Crippen molar-refractivity contribution >= 4 is 51.6 Å². The number of piperidine rings is 2. The molecule has 7 aliphatic rings. The van der Waals surface area contributed by atoms with Gasteiger partial charge >= 0.3 is 11.8 Å². The number of esters is 1. The third kappa shape index (κ3) is 10.5. The molecule has 9 atom stereocenters. The van der Waals surface area contributed by atoms with Crippen molar-refractivity contribution in [2.45, 2.75) is 136 Å². The largest absolute Gasteiger partial charge is 0.507 e. The number of aliphatic hydroxyl groups is 2. The van der Waals surface area contributed by atoms with Gasteiger partial charge in [-0.25, -0.2) is 4.99 Å². The second-order valence-electron chi connectivity index (χ2n) is 23.4. The Balaban J connectivity index is 1.04. The normalized spacial score (nSPS) is 30.3. The Morgan fingerprint density at radius 3 is 2.23 bits per heavy atom. The number of hydrogen-bond acceptors (Lipinski definition) is 17. The summed E-state index contributed by atoms with van der Waals surface area (Å²) in [5.74, 6) is -8.41. The Morgan fingerprint density at radius 2 is 1.56 bits per heavy atom. The molecule has 3 fully saturated rings. The number of Topliss-reactive ketones (excluding diaryl/α,β-unsaturated/α-hetero) is 1. The summed E-state index contributed by atoms with van der Waals surface area (Å²) in [5, 5.41) is 54.6. The number of rotatable bonds is 7. The molecule has 10 rings (SSSR count). The van der Waals surface area contributed by atoms with Crippen LogP contribution in [0.25, 0.3) is 10.8 Å². The summed E-state index contributed by atoms with van der Waals surface area (Å²) in [7, 11) is 1.43. The monoisotopic (exact) mass is 1100 g/mol. The zero-order valence-corrected chi connectivity index (χ0v) is 47.4. The molecule has 20 heteroatoms. The molecule has 20 nitrogen and oxygen atoms in total. The summed E-state index contributed by atoms with van der Waals surface area (Å²) >= 11 is 0. The lowest BCUT2D eigenvalue weighted by Crippen LogP contribution is -2.57. The second-order valence-corrected chi connectivity index (χ2v) is 23.4. The maximum Gasteiger partial charge on any atom is 0.315 e. The number of nitrogens with one attached hydrogen (secondary N) is 2. The Kier molecular flexibility index (Phi) is 16.3. The third-order valence-electron chi connectivity index (χ3n) is 17.5. The SMILES string of the molecule is CO[C@H]1/C=C/O[C@@]2(C)Oc3c(C)c(O)c4c(O)c(c5c(c4c3C2=O)NC2(CCN(CC(C)C)CC2)N=5)=NC(=O)/C(C)=C\C=C\[C@H](C)[C@H](O)[C@@H](C)[C@@H](O)[C@@H](C)[C@H](OC(=O)CC(=O)N2CCC3(CC2)C(=O)NCN3c2ccccc2)[C@@H]1C. The highest BCUT2D eigenvalue weighted by Crippen LogP contribution is 2.51. The second kappa shape index (κ2) is 22.6. The van der Waals surface area contributed by atoms with Crippen molar-refractivity contribution in [1.29, 1.82) is 0 Å². The van der Waals surface area contributed by atoms with Gasteiger partial charge in [-0.3, -0.25) is 29.0 Å². The summed E-state index contributed by atoms with van der Waals surface area (Å²) < 4.78 is 24.8. The molecule has 6 N–H and O–H groups in total. The first-order chi connectivity index (χ1) is 37.9. The predicted molar refractivity (Wildman–Crippen MR) is 297 cm³/mol. The first-order valence-electron chi connectivity index (χ1n) is 27.9. The summed E-state index contributed by atoms with van der Waals surface area (Å²) in [6, 6.07) is 9.59. The van der Waals surface area contributed by atoms with E-state index in [9.17, 15) is 39.6 Å². The number of nitrogens with zero attached hydrogens (tertiary/aromatic N) is 5. The van der Waals surface area contributed by atoms with Crippen LogP contribution in [0.5, 0.6) is 17.2 Å². The number of amides is 3. The molecule has 0 unspecified atom stereocenters. The van der Waals surface area contributed by atoms with E-state index >= 15 is 4.79 Å². The Hall–Kier alpha value is -6.87. The number of aliphatic hydroxyl groups excluding tert-OH is 2. The van der Waals surface area contributed by atoms with E-state index in [0.29, 0.717) is 57.0 Å². The molecule has 2 spiro atoms. The van der Waals surface area contributed by atoms with Gasteiger partial charge in [0.15, 0.2) is 5.75 Å². The standard InChI is InChI=1S/C60H77N7O13/c1-32(2)30-65-24-22-60(23-25-65)63-46-43-44-51(72)38(8)54-45(43)55(74)58(9,80-54)78-28-19-40(77-10)35(5)53(37(7)50(71)36(6)49(70)33(3)15-14-16-34(4)56(75)62-48(52(44)73)47(46)64-60)79-42(69)29-41(68)66-26-20-59(21-27-66)57(76)61-31-67(59)39-17-12-11-13-18-39/h11-19,28,32-33,35-37,40,49-50,53,63,70-73H,20-27,29-31H2,1-10H3,(H,61,76)/b15-14+,28-19+,34-16-,62-48?/t33-,35+,36+,37+,40-,49-,50+,53+,58-/m0/s1. The first-order valence-corrected chi connectivity index (χ1v) is 27.9. The minimum atomic E-state index is -2.04. The van der Waals surface area contributed by atoms with E-state index in [0.717, 1.165) is 12.2 Å². The van der Waals surface area contributed by atoms with Crippen LogP contribution in [-0.4, -0.2) is 148 Å². The number of methoxy groups -OCH3 is 1. The lowest BCUT2D eigenvalue weighted by molar-refractivity contribution is -0.165. The highest BCUT2D eigenvalue weighted by Gasteiger charge is 2.53. The highest BCUT2D eigenvalue weighted by atomic mass is 16.7. The summed E-state index contributed by atoms with van der Waals surface area (Å²) in [4.78, 5) is 85.9. The van der Waals surface area contributed by atoms with E-state index < -0.39 is 107 Å². The number of allylic oxidation sites excluding steroid dienone is 2. The number of aromatic hydroxyl groups is 2. The number of ether oxygens (including phenoxy) is 4. The van der Waals surface area contributed by atoms with Gasteiger partial charge in [-0.05, 0) is 50.8 Å². The van der Waals surface area contributed by atoms with E-state index in [2.05, 4.69) is 34.4 Å². The Bertz CT molecular complexity index is 3160. The van der Waals surface area contributed by atoms with Crippen molar-refractivity contribution in [3.05, 3.63) is 88.3 Å². The Morgan fingerprint density at radius 1 is 0.875 bits per heavy atom. The average molecular weight is 1100 g/mol. The number of carbonyl (C=O) groups excluding carboxylic acids is 5. The fourth-order valence-electron chi connectivity index (χ4n) is 12.6. The minimum Gasteiger partial charge on any atom is -0.507 e. The third-order valence-corrected chi connectivity index (χ3v) is 17.5. The summed E-state index contributed by atoms with van der Waals surface area (Å²) in [6.07, 6.45) is 4.22. The molecule has 3 aromatic carbocycles. The fraction of sp³-hybridized carbons (Fsp3) is 0.550. The van der Waals surface area contributed by atoms with Gasteiger partial charge in [-0.1, -0.05) is 78.0 Å². The molecule has 7 aliphatic heterocycles. The molecule has 5 bridgehead atoms. The van der Waals surface area contributed by atoms with Crippen LogP contribution in [0.1, 0.15) is 103 Å². The topological polar surface area (TPSA) is 262 Å². The van der Waals surface area contributed by atoms with Crippen LogP contribution >= 0.6 is 0 Å². The smallest absolute Gasteiger partial charge is 0.315 e. The van der Waals surface area contributed by atoms with Crippen molar-refractivity contribution in [3.63, 3.8) is 0 Å². The van der Waals surface area contributed by atoms with Crippen LogP contribution in [0.2, 0.25) is 0 Å². The van der Waals surface area contributed by atoms with Crippen molar-refractivity contribution in [3.8, 4) is 17.2 Å². The number of phenolic OH excluding ortho intramolecular Hbond substituents is 2. The number of benzene rings is 3. The van der Waals surface area contributed by atoms with Crippen molar-refractivity contribution < 1.29 is 63.3 Å². The van der Waals surface area contributed by atoms with Crippen LogP contribution in [0.4, 0.5) is 11.4 Å². The van der Waals surface area contributed by atoms with E-state index in [1.165, 1.54) is 39.4 Å². The average Bonchev–Trinajstić information content (AvgIpc) is 4.27. The lowest BCUT2D eigenvalue weighted by atomic mass is 9.78. The zero-order valence-electron chi connectivity index (χ0n) is 47.4. The van der Waals surface area contributed by atoms with Crippen LogP contribution in [0.15, 0.2) is 76.5 Å². The molecular formula is C60H77N7O13. The number of likely N-dealkylation sites (tertiary alicyclic amines) is 2. The number of fused-ring (bicyclic) bond motifs is 13. The first kappa shape index (κ1) is 57.8. The molecule has 0 saturated carbocycles. The van der Waals surface area contributed by atoms with Crippen molar-refractivity contribution in [2.24, 2.45) is 39.6 Å². The van der Waals surface area contributed by atoms with Gasteiger partial charge in [-0.15, -0.1) is 0 Å². The number of ketones is 1. The van der Waals surface area contributed by atoms with Gasteiger partial charge in [0.1, 0.15) is 45.9 Å². The van der Waals surface area contributed by atoms with Gasteiger partial charge < -0.3 is 64.7 Å². The summed E-state index contributed by atoms with van der Waals surface area (Å²) in [6.45, 7) is 18.7. The van der Waals surface area contributed by atoms with Gasteiger partial charge in [0.25, 0.3) is 11.7 Å². The zero-order chi connectivity index (χ0) is 57.7. The molecule has 0 aliphatic carbocycles. The predicted octanol–water partition coefficient (Wildman–Crippen LogP) is 5.07. The number of para-hydroxylation sites is 1. The van der Waals surface area contributed by atoms with E-state index in [4.69, 9.17) is 23.9 Å². The maximum absolute atomic E-state index is 15.0. The molecule has 3 amide bonds. The van der Waals surface area contributed by atoms with Crippen molar-refractivity contribution in [2.75, 3.05) is 56.7 Å². The Labute approximate surface area is 466 Å².